The molecule has 3 aromatic rings. The number of amides is 1. The average Bonchev–Trinajstić information content (AvgIpc) is 2.79. The first kappa shape index (κ1) is 21.0. The number of esters is 1. The van der Waals surface area contributed by atoms with Crippen molar-refractivity contribution in [2.45, 2.75) is 6.61 Å². The summed E-state index contributed by atoms with van der Waals surface area (Å²) in [6.45, 7) is -0.138. The van der Waals surface area contributed by atoms with Crippen molar-refractivity contribution in [3.8, 4) is 17.2 Å². The van der Waals surface area contributed by atoms with Crippen LogP contribution in [0.2, 0.25) is 0 Å². The predicted molar refractivity (Wildman–Crippen MR) is 112 cm³/mol. The maximum atomic E-state index is 12.5. The van der Waals surface area contributed by atoms with E-state index in [0.717, 1.165) is 16.3 Å². The lowest BCUT2D eigenvalue weighted by Crippen LogP contribution is -2.30. The number of fused-ring (bicyclic) bond motifs is 1. The van der Waals surface area contributed by atoms with Crippen molar-refractivity contribution in [2.75, 3.05) is 27.9 Å². The second kappa shape index (κ2) is 9.65. The van der Waals surface area contributed by atoms with E-state index in [1.54, 1.807) is 0 Å². The summed E-state index contributed by atoms with van der Waals surface area (Å²) in [5.74, 6) is 0.0761. The molecule has 0 heterocycles. The number of benzene rings is 3. The van der Waals surface area contributed by atoms with Crippen LogP contribution in [0.15, 0.2) is 54.6 Å². The summed E-state index contributed by atoms with van der Waals surface area (Å²) >= 11 is 0. The van der Waals surface area contributed by atoms with E-state index in [0.29, 0.717) is 17.2 Å². The number of ether oxygens (including phenoxy) is 4. The first-order valence-corrected chi connectivity index (χ1v) is 9.27. The zero-order chi connectivity index (χ0) is 21.5. The second-order valence-corrected chi connectivity index (χ2v) is 6.40. The minimum Gasteiger partial charge on any atom is -0.493 e. The molecule has 0 saturated carbocycles. The van der Waals surface area contributed by atoms with Gasteiger partial charge in [0.25, 0.3) is 5.91 Å². The summed E-state index contributed by atoms with van der Waals surface area (Å²) < 4.78 is 21.0. The molecule has 3 aromatic carbocycles. The van der Waals surface area contributed by atoms with Gasteiger partial charge < -0.3 is 24.3 Å². The van der Waals surface area contributed by atoms with Crippen LogP contribution < -0.4 is 19.5 Å². The van der Waals surface area contributed by atoms with Crippen molar-refractivity contribution in [3.63, 3.8) is 0 Å². The second-order valence-electron chi connectivity index (χ2n) is 6.40. The Hall–Kier alpha value is -3.74. The molecule has 0 aliphatic rings. The van der Waals surface area contributed by atoms with Gasteiger partial charge in [0.15, 0.2) is 11.5 Å². The fraction of sp³-hybridized carbons (Fsp3) is 0.217. The van der Waals surface area contributed by atoms with Gasteiger partial charge in [0.2, 0.25) is 5.75 Å². The van der Waals surface area contributed by atoms with Crippen LogP contribution in [0.4, 0.5) is 0 Å². The number of carbonyl (C=O) groups is 2. The normalized spacial score (nSPS) is 10.4. The molecule has 0 spiro atoms. The van der Waals surface area contributed by atoms with Gasteiger partial charge in [-0.3, -0.25) is 9.59 Å². The van der Waals surface area contributed by atoms with E-state index in [9.17, 15) is 9.59 Å². The van der Waals surface area contributed by atoms with Crippen LogP contribution in [-0.4, -0.2) is 39.8 Å². The first-order valence-electron chi connectivity index (χ1n) is 9.27. The van der Waals surface area contributed by atoms with Gasteiger partial charge in [0.05, 0.1) is 21.3 Å². The molecule has 3 rings (SSSR count). The third-order valence-corrected chi connectivity index (χ3v) is 4.59. The maximum Gasteiger partial charge on any atom is 0.325 e. The van der Waals surface area contributed by atoms with Crippen LogP contribution in [0.25, 0.3) is 10.8 Å². The van der Waals surface area contributed by atoms with Crippen molar-refractivity contribution in [2.24, 2.45) is 0 Å². The fourth-order valence-corrected chi connectivity index (χ4v) is 3.09. The summed E-state index contributed by atoms with van der Waals surface area (Å²) in [4.78, 5) is 24.6. The molecule has 7 nitrogen and oxygen atoms in total. The third-order valence-electron chi connectivity index (χ3n) is 4.59. The molecule has 30 heavy (non-hydrogen) atoms. The summed E-state index contributed by atoms with van der Waals surface area (Å²) in [6.07, 6.45) is 0. The summed E-state index contributed by atoms with van der Waals surface area (Å²) in [5, 5.41) is 4.64. The smallest absolute Gasteiger partial charge is 0.325 e. The molecule has 0 fully saturated rings. The molecule has 7 heteroatoms. The Morgan fingerprint density at radius 1 is 0.867 bits per heavy atom. The largest absolute Gasteiger partial charge is 0.493 e. The highest BCUT2D eigenvalue weighted by Gasteiger charge is 2.17. The highest BCUT2D eigenvalue weighted by atomic mass is 16.5. The summed E-state index contributed by atoms with van der Waals surface area (Å²) in [7, 11) is 4.40. The van der Waals surface area contributed by atoms with Crippen molar-refractivity contribution in [1.29, 1.82) is 0 Å². The number of hydrogen-bond donors (Lipinski definition) is 1. The van der Waals surface area contributed by atoms with E-state index in [1.165, 1.54) is 33.5 Å². The van der Waals surface area contributed by atoms with Crippen LogP contribution in [0.3, 0.4) is 0 Å². The Morgan fingerprint density at radius 3 is 2.20 bits per heavy atom. The molecule has 0 aliphatic heterocycles. The standard InChI is InChI=1S/C23H23NO6/c1-27-19-11-17(12-20(28-2)22(19)29-3)23(26)24-13-21(25)30-14-16-9-6-8-15-7-4-5-10-18(15)16/h4-12H,13-14H2,1-3H3,(H,24,26). The zero-order valence-electron chi connectivity index (χ0n) is 17.1. The number of carbonyl (C=O) groups excluding carboxylic acids is 2. The number of rotatable bonds is 8. The molecule has 0 radical (unpaired) electrons. The first-order chi connectivity index (χ1) is 14.6. The Labute approximate surface area is 174 Å². The molecule has 0 unspecified atom stereocenters. The Bertz CT molecular complexity index is 1030. The number of nitrogens with one attached hydrogen (secondary N) is 1. The van der Waals surface area contributed by atoms with Crippen LogP contribution in [0.1, 0.15) is 15.9 Å². The van der Waals surface area contributed by atoms with Crippen molar-refractivity contribution in [1.82, 2.24) is 5.32 Å². The van der Waals surface area contributed by atoms with Crippen molar-refractivity contribution in [3.05, 3.63) is 65.7 Å². The molecule has 0 aromatic heterocycles. The average molecular weight is 409 g/mol. The lowest BCUT2D eigenvalue weighted by atomic mass is 10.1. The Kier molecular flexibility index (Phi) is 6.75. The molecular formula is C23H23NO6. The van der Waals surface area contributed by atoms with Gasteiger partial charge in [-0.1, -0.05) is 42.5 Å². The number of hydrogen-bond acceptors (Lipinski definition) is 6. The molecule has 1 N–H and O–H groups in total. The van der Waals surface area contributed by atoms with Gasteiger partial charge in [-0.15, -0.1) is 0 Å². The van der Waals surface area contributed by atoms with Gasteiger partial charge in [-0.05, 0) is 28.5 Å². The van der Waals surface area contributed by atoms with E-state index in [2.05, 4.69) is 5.32 Å². The molecule has 0 bridgehead atoms. The molecule has 0 aliphatic carbocycles. The van der Waals surface area contributed by atoms with Crippen LogP contribution in [0, 0.1) is 0 Å². The van der Waals surface area contributed by atoms with Gasteiger partial charge in [0, 0.05) is 5.56 Å². The van der Waals surface area contributed by atoms with Crippen molar-refractivity contribution < 1.29 is 28.5 Å². The van der Waals surface area contributed by atoms with E-state index >= 15 is 0 Å². The van der Waals surface area contributed by atoms with Gasteiger partial charge >= 0.3 is 5.97 Å². The monoisotopic (exact) mass is 409 g/mol. The molecule has 156 valence electrons. The molecular weight excluding hydrogens is 386 g/mol. The summed E-state index contributed by atoms with van der Waals surface area (Å²) in [5.41, 5.74) is 1.17. The van der Waals surface area contributed by atoms with E-state index in [-0.39, 0.29) is 18.7 Å². The van der Waals surface area contributed by atoms with Crippen LogP contribution in [-0.2, 0) is 16.1 Å². The molecule has 1 amide bonds. The molecule has 0 atom stereocenters. The topological polar surface area (TPSA) is 83.1 Å². The number of methoxy groups -OCH3 is 3. The van der Waals surface area contributed by atoms with Crippen molar-refractivity contribution >= 4 is 22.6 Å². The van der Waals surface area contributed by atoms with Gasteiger partial charge in [0.1, 0.15) is 13.2 Å². The highest BCUT2D eigenvalue weighted by Crippen LogP contribution is 2.38. The zero-order valence-corrected chi connectivity index (χ0v) is 17.1. The quantitative estimate of drug-likeness (QED) is 0.575. The van der Waals surface area contributed by atoms with Crippen LogP contribution in [0.5, 0.6) is 17.2 Å². The van der Waals surface area contributed by atoms with Gasteiger partial charge in [-0.2, -0.15) is 0 Å². The fourth-order valence-electron chi connectivity index (χ4n) is 3.09. The van der Waals surface area contributed by atoms with Crippen LogP contribution >= 0.6 is 0 Å². The minimum absolute atomic E-state index is 0.125. The predicted octanol–water partition coefficient (Wildman–Crippen LogP) is 3.34. The van der Waals surface area contributed by atoms with E-state index in [1.807, 2.05) is 42.5 Å². The lowest BCUT2D eigenvalue weighted by molar-refractivity contribution is -0.143. The minimum atomic E-state index is -0.538. The third kappa shape index (κ3) is 4.63. The summed E-state index contributed by atoms with van der Waals surface area (Å²) in [6, 6.07) is 16.7. The van der Waals surface area contributed by atoms with E-state index in [4.69, 9.17) is 18.9 Å². The van der Waals surface area contributed by atoms with E-state index < -0.39 is 11.9 Å². The maximum absolute atomic E-state index is 12.5. The molecule has 0 saturated heterocycles. The highest BCUT2D eigenvalue weighted by molar-refractivity contribution is 5.97. The SMILES string of the molecule is COc1cc(C(=O)NCC(=O)OCc2cccc3ccccc23)cc(OC)c1OC. The Morgan fingerprint density at radius 2 is 1.53 bits per heavy atom. The van der Waals surface area contributed by atoms with Gasteiger partial charge in [-0.25, -0.2) is 0 Å². The Balaban J connectivity index is 1.61. The lowest BCUT2D eigenvalue weighted by Gasteiger charge is -2.14.